The van der Waals surface area contributed by atoms with Gasteiger partial charge in [-0.15, -0.1) is 52.9 Å². The molecule has 0 aliphatic rings. The van der Waals surface area contributed by atoms with E-state index in [0.717, 1.165) is 77.0 Å². The Kier molecular flexibility index (Phi) is 208. The number of rotatable bonds is 12. The minimum atomic E-state index is 0. The van der Waals surface area contributed by atoms with Crippen molar-refractivity contribution in [2.75, 3.05) is 52.9 Å². The molecule has 0 saturated heterocycles. The molecule has 0 bridgehead atoms. The fraction of sp³-hybridized carbons (Fsp3) is 1.00. The third-order valence-electron chi connectivity index (χ3n) is 2.81. The average molecular weight is 625 g/mol. The smallest absolute Gasteiger partial charge is 0.854 e. The Morgan fingerprint density at radius 2 is 0.342 bits per heavy atom. The van der Waals surface area contributed by atoms with Gasteiger partial charge < -0.3 is 40.9 Å². The van der Waals surface area contributed by atoms with E-state index in [-0.39, 0.29) is 96.3 Å². The van der Waals surface area contributed by atoms with E-state index in [1.54, 1.807) is 0 Å². The van der Waals surface area contributed by atoms with Crippen LogP contribution in [0.2, 0.25) is 0 Å². The first-order chi connectivity index (χ1) is 17.3. The zero-order valence-electron chi connectivity index (χ0n) is 26.4. The van der Waals surface area contributed by atoms with Crippen molar-refractivity contribution in [2.45, 2.75) is 132 Å². The summed E-state index contributed by atoms with van der Waals surface area (Å²) in [6.07, 6.45) is 10.5. The maximum absolute atomic E-state index is 9.53. The van der Waals surface area contributed by atoms with Crippen LogP contribution in [0.5, 0.6) is 0 Å². The van der Waals surface area contributed by atoms with E-state index >= 15 is 0 Å². The molecular weight excluding hydrogens is 560 g/mol. The molecule has 38 heavy (non-hydrogen) atoms. The van der Waals surface area contributed by atoms with Gasteiger partial charge in [-0.1, -0.05) is 132 Å². The molecule has 0 radical (unpaired) electrons. The minimum absolute atomic E-state index is 0. The second-order valence-corrected chi connectivity index (χ2v) is 7.05. The largest absolute Gasteiger partial charge is 4.00 e. The molecule has 8 nitrogen and oxygen atoms in total. The fourth-order valence-corrected chi connectivity index (χ4v) is 0.577. The molecule has 0 aliphatic carbocycles. The molecule has 0 rings (SSSR count). The third kappa shape index (κ3) is 282. The van der Waals surface area contributed by atoms with E-state index in [1.165, 1.54) is 0 Å². The van der Waals surface area contributed by atoms with Crippen LogP contribution in [0, 0.1) is 0 Å². The Labute approximate surface area is 268 Å². The van der Waals surface area contributed by atoms with E-state index < -0.39 is 0 Å². The second-order valence-electron chi connectivity index (χ2n) is 7.05. The van der Waals surface area contributed by atoms with Crippen LogP contribution in [0.25, 0.3) is 0 Å². The van der Waals surface area contributed by atoms with Gasteiger partial charge in [-0.25, -0.2) is 0 Å². The Hall–Kier alpha value is 1.11. The summed E-state index contributed by atoms with van der Waals surface area (Å²) in [5.41, 5.74) is 0. The van der Waals surface area contributed by atoms with E-state index in [0.29, 0.717) is 0 Å². The SMILES string of the molecule is CCCC[O-].CCCC[O-].CCCC[O-].CCCC[O-].CCC[O-].CCC[O-].CCC[O-].CCC[O-].[Ti+4].[Ti+4]. The zero-order valence-corrected chi connectivity index (χ0v) is 29.5. The van der Waals surface area contributed by atoms with Crippen LogP contribution >= 0.6 is 0 Å². The van der Waals surface area contributed by atoms with Gasteiger partial charge in [0, 0.05) is 0 Å². The van der Waals surface area contributed by atoms with Crippen molar-refractivity contribution in [3.63, 3.8) is 0 Å². The van der Waals surface area contributed by atoms with Crippen molar-refractivity contribution in [3.05, 3.63) is 0 Å². The van der Waals surface area contributed by atoms with E-state index in [9.17, 15) is 40.9 Å². The van der Waals surface area contributed by atoms with Gasteiger partial charge in [0.2, 0.25) is 0 Å². The third-order valence-corrected chi connectivity index (χ3v) is 2.81. The van der Waals surface area contributed by atoms with Crippen molar-refractivity contribution < 1.29 is 84.3 Å². The summed E-state index contributed by atoms with van der Waals surface area (Å²) in [6.45, 7) is 16.2. The Balaban J connectivity index is -0.0000000293. The van der Waals surface area contributed by atoms with Gasteiger partial charge in [-0.2, -0.15) is 0 Å². The summed E-state index contributed by atoms with van der Waals surface area (Å²) in [6, 6.07) is 0. The molecule has 0 aromatic carbocycles. The van der Waals surface area contributed by atoms with Crippen LogP contribution < -0.4 is 40.9 Å². The number of hydrogen-bond donors (Lipinski definition) is 0. The van der Waals surface area contributed by atoms with Crippen molar-refractivity contribution >= 4 is 0 Å². The van der Waals surface area contributed by atoms with Crippen LogP contribution in [-0.2, 0) is 43.4 Å². The second kappa shape index (κ2) is 118. The quantitative estimate of drug-likeness (QED) is 0.263. The normalized spacial score (nSPS) is 7.58. The number of unbranched alkanes of at least 4 members (excludes halogenated alkanes) is 4. The van der Waals surface area contributed by atoms with Gasteiger partial charge >= 0.3 is 43.4 Å². The Bertz CT molecular complexity index is 156. The molecule has 0 atom stereocenters. The minimum Gasteiger partial charge on any atom is -0.854 e. The predicted molar refractivity (Wildman–Crippen MR) is 140 cm³/mol. The van der Waals surface area contributed by atoms with Gasteiger partial charge in [-0.05, 0) is 0 Å². The summed E-state index contributed by atoms with van der Waals surface area (Å²) < 4.78 is 0. The van der Waals surface area contributed by atoms with E-state index in [2.05, 4.69) is 0 Å². The summed E-state index contributed by atoms with van der Waals surface area (Å²) >= 11 is 0. The Morgan fingerprint density at radius 3 is 0.342 bits per heavy atom. The Morgan fingerprint density at radius 1 is 0.237 bits per heavy atom. The van der Waals surface area contributed by atoms with Crippen molar-refractivity contribution in [3.8, 4) is 0 Å². The van der Waals surface area contributed by atoms with Gasteiger partial charge in [0.25, 0.3) is 0 Å². The van der Waals surface area contributed by atoms with Crippen molar-refractivity contribution in [1.82, 2.24) is 0 Å². The van der Waals surface area contributed by atoms with Gasteiger partial charge in [0.1, 0.15) is 0 Å². The average Bonchev–Trinajstić information content (AvgIpc) is 2.92. The summed E-state index contributed by atoms with van der Waals surface area (Å²) in [7, 11) is 0. The zero-order chi connectivity index (χ0) is 30.1. The molecule has 0 spiro atoms. The molecule has 0 aromatic heterocycles. The van der Waals surface area contributed by atoms with Gasteiger partial charge in [0.15, 0.2) is 0 Å². The number of hydrogen-bond acceptors (Lipinski definition) is 8. The molecule has 0 N–H and O–H groups in total. The topological polar surface area (TPSA) is 184 Å². The van der Waals surface area contributed by atoms with Crippen LogP contribution in [0.15, 0.2) is 0 Å². The standard InChI is InChI=1S/4C4H9O.4C3H7O.2Ti/c4*1-2-3-4-5;4*1-2-3-4;;/h4*2-4H2,1H3;4*2-3H2,1H3;;/q8*-1;2*+4. The molecule has 0 unspecified atom stereocenters. The molecule has 0 heterocycles. The van der Waals surface area contributed by atoms with Crippen molar-refractivity contribution in [2.24, 2.45) is 0 Å². The van der Waals surface area contributed by atoms with Gasteiger partial charge in [0.05, 0.1) is 0 Å². The summed E-state index contributed by atoms with van der Waals surface area (Å²) in [5.74, 6) is 0. The molecule has 10 heteroatoms. The first-order valence-electron chi connectivity index (χ1n) is 14.0. The summed E-state index contributed by atoms with van der Waals surface area (Å²) in [4.78, 5) is 0. The van der Waals surface area contributed by atoms with E-state index in [1.807, 2.05) is 55.4 Å². The van der Waals surface area contributed by atoms with Crippen molar-refractivity contribution in [1.29, 1.82) is 0 Å². The monoisotopic (exact) mass is 624 g/mol. The molecule has 0 amide bonds. The molecule has 0 aromatic rings. The van der Waals surface area contributed by atoms with Crippen LogP contribution in [-0.4, -0.2) is 52.9 Å². The first kappa shape index (κ1) is 67.0. The molecule has 232 valence electrons. The first-order valence-corrected chi connectivity index (χ1v) is 14.0. The summed E-state index contributed by atoms with van der Waals surface area (Å²) in [5, 5.41) is 75.3. The van der Waals surface area contributed by atoms with Crippen LogP contribution in [0.1, 0.15) is 132 Å². The maximum Gasteiger partial charge on any atom is 4.00 e. The van der Waals surface area contributed by atoms with Gasteiger partial charge in [-0.3, -0.25) is 0 Å². The van der Waals surface area contributed by atoms with E-state index in [4.69, 9.17) is 0 Å². The molecule has 0 saturated carbocycles. The fourth-order valence-electron chi connectivity index (χ4n) is 0.577. The molecule has 0 fully saturated rings. The van der Waals surface area contributed by atoms with Crippen LogP contribution in [0.3, 0.4) is 0 Å². The maximum atomic E-state index is 9.53. The molecule has 0 aliphatic heterocycles. The van der Waals surface area contributed by atoms with Crippen LogP contribution in [0.4, 0.5) is 0 Å². The predicted octanol–water partition coefficient (Wildman–Crippen LogP) is -0.391. The molecular formula is C28H64O8Ti2.